The minimum Gasteiger partial charge on any atom is -0.376 e. The number of hydrogen-bond acceptors (Lipinski definition) is 1. The highest BCUT2D eigenvalue weighted by atomic mass is 19.2. The van der Waals surface area contributed by atoms with Crippen molar-refractivity contribution in [3.63, 3.8) is 0 Å². The van der Waals surface area contributed by atoms with E-state index in [0.717, 1.165) is 24.3 Å². The lowest BCUT2D eigenvalue weighted by molar-refractivity contribution is 0.448. The molecule has 0 fully saturated rings. The van der Waals surface area contributed by atoms with Crippen molar-refractivity contribution in [3.05, 3.63) is 64.5 Å². The van der Waals surface area contributed by atoms with Gasteiger partial charge in [0.2, 0.25) is 0 Å². The minimum absolute atomic E-state index is 0.0396. The van der Waals surface area contributed by atoms with Crippen LogP contribution in [0.2, 0.25) is 0 Å². The molecule has 2 aromatic rings. The van der Waals surface area contributed by atoms with Crippen molar-refractivity contribution in [1.82, 2.24) is 0 Å². The van der Waals surface area contributed by atoms with Gasteiger partial charge in [0.1, 0.15) is 11.6 Å². The second-order valence-corrected chi connectivity index (χ2v) is 4.71. The number of anilines is 1. The summed E-state index contributed by atoms with van der Waals surface area (Å²) in [6.07, 6.45) is 0. The Kier molecular flexibility index (Phi) is 4.16. The zero-order valence-electron chi connectivity index (χ0n) is 11.3. The predicted octanol–water partition coefficient (Wildman–Crippen LogP) is 4.86. The first-order valence-electron chi connectivity index (χ1n) is 6.16. The van der Waals surface area contributed by atoms with Gasteiger partial charge in [-0.05, 0) is 43.7 Å². The van der Waals surface area contributed by atoms with E-state index < -0.39 is 35.1 Å². The van der Waals surface area contributed by atoms with Gasteiger partial charge in [-0.25, -0.2) is 22.0 Å². The van der Waals surface area contributed by atoms with E-state index in [0.29, 0.717) is 0 Å². The summed E-state index contributed by atoms with van der Waals surface area (Å²) in [5.41, 5.74) is -0.230. The van der Waals surface area contributed by atoms with E-state index in [9.17, 15) is 22.0 Å². The Balaban J connectivity index is 2.32. The lowest BCUT2D eigenvalue weighted by Gasteiger charge is -2.18. The fourth-order valence-corrected chi connectivity index (χ4v) is 1.94. The first-order chi connectivity index (χ1) is 9.81. The Morgan fingerprint density at radius 3 is 2.19 bits per heavy atom. The Morgan fingerprint density at radius 2 is 1.52 bits per heavy atom. The number of rotatable bonds is 3. The van der Waals surface area contributed by atoms with E-state index >= 15 is 0 Å². The van der Waals surface area contributed by atoms with E-state index in [1.807, 2.05) is 0 Å². The van der Waals surface area contributed by atoms with Crippen LogP contribution in [0.5, 0.6) is 0 Å². The van der Waals surface area contributed by atoms with Crippen molar-refractivity contribution in [2.24, 2.45) is 0 Å². The van der Waals surface area contributed by atoms with Gasteiger partial charge in [-0.15, -0.1) is 0 Å². The molecule has 1 nitrogen and oxygen atoms in total. The smallest absolute Gasteiger partial charge is 0.196 e. The average molecular weight is 301 g/mol. The van der Waals surface area contributed by atoms with Gasteiger partial charge in [0.15, 0.2) is 17.5 Å². The van der Waals surface area contributed by atoms with Crippen LogP contribution in [-0.2, 0) is 0 Å². The molecule has 0 saturated carbocycles. The topological polar surface area (TPSA) is 12.0 Å². The van der Waals surface area contributed by atoms with Crippen LogP contribution in [0.1, 0.15) is 24.1 Å². The minimum atomic E-state index is -1.62. The van der Waals surface area contributed by atoms with Crippen LogP contribution in [0, 0.1) is 36.0 Å². The molecule has 0 bridgehead atoms. The molecule has 0 saturated heterocycles. The molecule has 0 aliphatic rings. The van der Waals surface area contributed by atoms with Crippen LogP contribution in [-0.4, -0.2) is 0 Å². The molecule has 0 radical (unpaired) electrons. The fraction of sp³-hybridized carbons (Fsp3) is 0.200. The Hall–Kier alpha value is -2.11. The molecule has 2 aromatic carbocycles. The van der Waals surface area contributed by atoms with Gasteiger partial charge in [-0.2, -0.15) is 0 Å². The first kappa shape index (κ1) is 15.3. The van der Waals surface area contributed by atoms with E-state index in [1.165, 1.54) is 13.8 Å². The number of benzene rings is 2. The van der Waals surface area contributed by atoms with Crippen molar-refractivity contribution in [3.8, 4) is 0 Å². The Labute approximate surface area is 118 Å². The molecule has 2 rings (SSSR count). The highest BCUT2D eigenvalue weighted by Crippen LogP contribution is 2.27. The van der Waals surface area contributed by atoms with Crippen LogP contribution >= 0.6 is 0 Å². The number of halogens is 5. The Bertz CT molecular complexity index is 684. The second kappa shape index (κ2) is 5.71. The van der Waals surface area contributed by atoms with Gasteiger partial charge in [-0.1, -0.05) is 0 Å². The van der Waals surface area contributed by atoms with Crippen LogP contribution < -0.4 is 5.32 Å². The maximum absolute atomic E-state index is 13.8. The van der Waals surface area contributed by atoms with Crippen LogP contribution in [0.15, 0.2) is 24.3 Å². The summed E-state index contributed by atoms with van der Waals surface area (Å²) in [7, 11) is 0. The molecule has 21 heavy (non-hydrogen) atoms. The van der Waals surface area contributed by atoms with Gasteiger partial charge in [0.05, 0.1) is 11.7 Å². The molecule has 1 N–H and O–H groups in total. The van der Waals surface area contributed by atoms with Gasteiger partial charge >= 0.3 is 0 Å². The van der Waals surface area contributed by atoms with Gasteiger partial charge in [0, 0.05) is 5.56 Å². The summed E-state index contributed by atoms with van der Waals surface area (Å²) >= 11 is 0. The van der Waals surface area contributed by atoms with Crippen molar-refractivity contribution >= 4 is 5.69 Å². The third-order valence-electron chi connectivity index (χ3n) is 3.15. The summed E-state index contributed by atoms with van der Waals surface area (Å²) < 4.78 is 66.8. The van der Waals surface area contributed by atoms with E-state index in [-0.39, 0.29) is 16.8 Å². The van der Waals surface area contributed by atoms with Gasteiger partial charge < -0.3 is 5.32 Å². The highest BCUT2D eigenvalue weighted by Gasteiger charge is 2.18. The molecular weight excluding hydrogens is 289 g/mol. The number of hydrogen-bond donors (Lipinski definition) is 1. The molecule has 0 aromatic heterocycles. The van der Waals surface area contributed by atoms with Crippen LogP contribution in [0.3, 0.4) is 0 Å². The van der Waals surface area contributed by atoms with Crippen molar-refractivity contribution in [1.29, 1.82) is 0 Å². The summed E-state index contributed by atoms with van der Waals surface area (Å²) in [5, 5.41) is 2.49. The molecule has 0 aliphatic heterocycles. The predicted molar refractivity (Wildman–Crippen MR) is 69.4 cm³/mol. The molecule has 1 atom stereocenters. The SMILES string of the molecule is Cc1cc(F)c(C(C)Nc2ccc(F)c(F)c2F)cc1F. The van der Waals surface area contributed by atoms with E-state index in [1.54, 1.807) is 0 Å². The standard InChI is InChI=1S/C15H12F5N/c1-7-5-12(18)9(6-11(7)17)8(2)21-13-4-3-10(16)14(19)15(13)20/h3-6,8,21H,1-2H3. The monoisotopic (exact) mass is 301 g/mol. The lowest BCUT2D eigenvalue weighted by Crippen LogP contribution is -2.11. The summed E-state index contributed by atoms with van der Waals surface area (Å²) in [4.78, 5) is 0. The third kappa shape index (κ3) is 2.99. The zero-order valence-corrected chi connectivity index (χ0v) is 11.3. The van der Waals surface area contributed by atoms with Crippen molar-refractivity contribution in [2.45, 2.75) is 19.9 Å². The van der Waals surface area contributed by atoms with Crippen LogP contribution in [0.4, 0.5) is 27.6 Å². The molecule has 6 heteroatoms. The molecular formula is C15H12F5N. The molecule has 1 unspecified atom stereocenters. The number of aryl methyl sites for hydroxylation is 1. The zero-order chi connectivity index (χ0) is 15.7. The normalized spacial score (nSPS) is 12.3. The molecule has 112 valence electrons. The molecule has 0 spiro atoms. The average Bonchev–Trinajstić information content (AvgIpc) is 2.43. The fourth-order valence-electron chi connectivity index (χ4n) is 1.94. The number of nitrogens with one attached hydrogen (secondary N) is 1. The van der Waals surface area contributed by atoms with E-state index in [4.69, 9.17) is 0 Å². The summed E-state index contributed by atoms with van der Waals surface area (Å²) in [6, 6.07) is 2.91. The summed E-state index contributed by atoms with van der Waals surface area (Å²) in [6.45, 7) is 2.86. The van der Waals surface area contributed by atoms with Crippen molar-refractivity contribution in [2.75, 3.05) is 5.32 Å². The molecule has 0 aliphatic carbocycles. The van der Waals surface area contributed by atoms with Crippen molar-refractivity contribution < 1.29 is 22.0 Å². The highest BCUT2D eigenvalue weighted by molar-refractivity contribution is 5.47. The maximum Gasteiger partial charge on any atom is 0.196 e. The molecule has 0 amide bonds. The summed E-state index contributed by atoms with van der Waals surface area (Å²) in [5.74, 6) is -5.63. The molecule has 0 heterocycles. The maximum atomic E-state index is 13.8. The quantitative estimate of drug-likeness (QED) is 0.630. The lowest BCUT2D eigenvalue weighted by atomic mass is 10.0. The van der Waals surface area contributed by atoms with Crippen LogP contribution in [0.25, 0.3) is 0 Å². The van der Waals surface area contributed by atoms with Gasteiger partial charge in [-0.3, -0.25) is 0 Å². The second-order valence-electron chi connectivity index (χ2n) is 4.71. The largest absolute Gasteiger partial charge is 0.376 e. The van der Waals surface area contributed by atoms with Gasteiger partial charge in [0.25, 0.3) is 0 Å². The first-order valence-corrected chi connectivity index (χ1v) is 6.16. The third-order valence-corrected chi connectivity index (χ3v) is 3.15. The van der Waals surface area contributed by atoms with E-state index in [2.05, 4.69) is 5.32 Å². The Morgan fingerprint density at radius 1 is 0.857 bits per heavy atom.